The van der Waals surface area contributed by atoms with E-state index < -0.39 is 11.6 Å². The predicted molar refractivity (Wildman–Crippen MR) is 44.6 cm³/mol. The molecule has 0 saturated carbocycles. The smallest absolute Gasteiger partial charge is 0.347 e. The molecule has 1 aromatic rings. The SMILES string of the molecule is Cc1nc2c(o1)CCCC2(F)C(=O)O. The first kappa shape index (κ1) is 9.18. The lowest BCUT2D eigenvalue weighted by molar-refractivity contribution is -0.153. The van der Waals surface area contributed by atoms with Gasteiger partial charge >= 0.3 is 5.97 Å². The number of halogens is 1. The van der Waals surface area contributed by atoms with Crippen molar-refractivity contribution >= 4 is 5.97 Å². The Hall–Kier alpha value is -1.39. The fourth-order valence-corrected chi connectivity index (χ4v) is 1.77. The molecule has 0 aromatic carbocycles. The normalized spacial score (nSPS) is 25.9. The van der Waals surface area contributed by atoms with Crippen LogP contribution in [0.25, 0.3) is 0 Å². The van der Waals surface area contributed by atoms with Crippen molar-refractivity contribution < 1.29 is 18.7 Å². The number of aryl methyl sites for hydroxylation is 2. The quantitative estimate of drug-likeness (QED) is 0.745. The molecular weight excluding hydrogens is 189 g/mol. The lowest BCUT2D eigenvalue weighted by Crippen LogP contribution is -2.34. The van der Waals surface area contributed by atoms with E-state index in [1.807, 2.05) is 0 Å². The van der Waals surface area contributed by atoms with Crippen LogP contribution >= 0.6 is 0 Å². The first-order chi connectivity index (χ1) is 6.54. The van der Waals surface area contributed by atoms with Gasteiger partial charge < -0.3 is 9.52 Å². The summed E-state index contributed by atoms with van der Waals surface area (Å²) in [6, 6.07) is 0. The zero-order valence-corrected chi connectivity index (χ0v) is 7.71. The molecule has 14 heavy (non-hydrogen) atoms. The number of aromatic nitrogens is 1. The van der Waals surface area contributed by atoms with Gasteiger partial charge in [-0.05, 0) is 12.8 Å². The molecule has 5 heteroatoms. The Morgan fingerprint density at radius 3 is 3.07 bits per heavy atom. The largest absolute Gasteiger partial charge is 0.479 e. The Kier molecular flexibility index (Phi) is 1.83. The molecule has 2 rings (SSSR count). The summed E-state index contributed by atoms with van der Waals surface area (Å²) in [4.78, 5) is 14.6. The molecule has 1 heterocycles. The van der Waals surface area contributed by atoms with Crippen molar-refractivity contribution in [3.63, 3.8) is 0 Å². The summed E-state index contributed by atoms with van der Waals surface area (Å²) in [5.41, 5.74) is -2.40. The van der Waals surface area contributed by atoms with Gasteiger partial charge in [0.25, 0.3) is 5.67 Å². The third-order valence-corrected chi connectivity index (χ3v) is 2.44. The number of rotatable bonds is 1. The highest BCUT2D eigenvalue weighted by molar-refractivity contribution is 5.79. The first-order valence-electron chi connectivity index (χ1n) is 4.43. The average Bonchev–Trinajstić information content (AvgIpc) is 2.47. The molecule has 1 aliphatic carbocycles. The van der Waals surface area contributed by atoms with E-state index in [4.69, 9.17) is 9.52 Å². The van der Waals surface area contributed by atoms with Crippen LogP contribution < -0.4 is 0 Å². The monoisotopic (exact) mass is 199 g/mol. The van der Waals surface area contributed by atoms with Gasteiger partial charge in [-0.15, -0.1) is 0 Å². The molecule has 0 aliphatic heterocycles. The van der Waals surface area contributed by atoms with E-state index >= 15 is 0 Å². The van der Waals surface area contributed by atoms with Crippen LogP contribution in [-0.4, -0.2) is 16.1 Å². The van der Waals surface area contributed by atoms with Gasteiger partial charge in [-0.1, -0.05) is 0 Å². The third kappa shape index (κ3) is 1.12. The fraction of sp³-hybridized carbons (Fsp3) is 0.556. The van der Waals surface area contributed by atoms with Crippen LogP contribution in [0, 0.1) is 6.92 Å². The number of alkyl halides is 1. The number of nitrogens with zero attached hydrogens (tertiary/aromatic N) is 1. The van der Waals surface area contributed by atoms with E-state index in [0.717, 1.165) is 0 Å². The van der Waals surface area contributed by atoms with Crippen molar-refractivity contribution in [3.05, 3.63) is 17.3 Å². The minimum absolute atomic E-state index is 0.0265. The van der Waals surface area contributed by atoms with Crippen LogP contribution in [0.2, 0.25) is 0 Å². The number of carboxylic acid groups (broad SMARTS) is 1. The summed E-state index contributed by atoms with van der Waals surface area (Å²) >= 11 is 0. The zero-order valence-electron chi connectivity index (χ0n) is 7.71. The Morgan fingerprint density at radius 2 is 2.43 bits per heavy atom. The number of carboxylic acids is 1. The molecule has 1 atom stereocenters. The van der Waals surface area contributed by atoms with Gasteiger partial charge in [-0.25, -0.2) is 14.2 Å². The van der Waals surface area contributed by atoms with Crippen molar-refractivity contribution in [1.82, 2.24) is 4.98 Å². The fourth-order valence-electron chi connectivity index (χ4n) is 1.77. The van der Waals surface area contributed by atoms with Gasteiger partial charge in [0.15, 0.2) is 5.89 Å². The number of fused-ring (bicyclic) bond motifs is 1. The van der Waals surface area contributed by atoms with Crippen LogP contribution in [0.1, 0.15) is 30.2 Å². The highest BCUT2D eigenvalue weighted by atomic mass is 19.1. The summed E-state index contributed by atoms with van der Waals surface area (Å²) in [5.74, 6) is -0.787. The van der Waals surface area contributed by atoms with E-state index in [1.165, 1.54) is 0 Å². The van der Waals surface area contributed by atoms with Crippen molar-refractivity contribution in [2.45, 2.75) is 31.9 Å². The topological polar surface area (TPSA) is 63.3 Å². The summed E-state index contributed by atoms with van der Waals surface area (Å²) in [6.45, 7) is 1.58. The predicted octanol–water partition coefficient (Wildman–Crippen LogP) is 1.57. The van der Waals surface area contributed by atoms with E-state index in [9.17, 15) is 9.18 Å². The highest BCUT2D eigenvalue weighted by Crippen LogP contribution is 2.38. The third-order valence-electron chi connectivity index (χ3n) is 2.44. The van der Waals surface area contributed by atoms with Gasteiger partial charge in [0.2, 0.25) is 0 Å². The van der Waals surface area contributed by atoms with Crippen LogP contribution in [0.3, 0.4) is 0 Å². The molecule has 76 valence electrons. The minimum Gasteiger partial charge on any atom is -0.479 e. The summed E-state index contributed by atoms with van der Waals surface area (Å²) in [7, 11) is 0. The number of aliphatic carboxylic acids is 1. The van der Waals surface area contributed by atoms with Crippen LogP contribution in [0.15, 0.2) is 4.42 Å². The summed E-state index contributed by atoms with van der Waals surface area (Å²) < 4.78 is 19.1. The molecule has 4 nitrogen and oxygen atoms in total. The molecule has 0 radical (unpaired) electrons. The van der Waals surface area contributed by atoms with Gasteiger partial charge in [0.05, 0.1) is 0 Å². The number of hydrogen-bond acceptors (Lipinski definition) is 3. The lowest BCUT2D eigenvalue weighted by Gasteiger charge is -2.22. The van der Waals surface area contributed by atoms with Crippen LogP contribution in [-0.2, 0) is 16.9 Å². The molecule has 0 saturated heterocycles. The molecule has 0 fully saturated rings. The highest BCUT2D eigenvalue weighted by Gasteiger charge is 2.47. The van der Waals surface area contributed by atoms with Gasteiger partial charge in [0, 0.05) is 13.3 Å². The Balaban J connectivity index is 2.54. The van der Waals surface area contributed by atoms with E-state index in [0.29, 0.717) is 24.5 Å². The minimum atomic E-state index is -2.36. The van der Waals surface area contributed by atoms with E-state index in [-0.39, 0.29) is 12.1 Å². The second-order valence-corrected chi connectivity index (χ2v) is 3.46. The number of hydrogen-bond donors (Lipinski definition) is 1. The molecule has 1 N–H and O–H groups in total. The van der Waals surface area contributed by atoms with Crippen LogP contribution in [0.4, 0.5) is 4.39 Å². The van der Waals surface area contributed by atoms with E-state index in [2.05, 4.69) is 4.98 Å². The van der Waals surface area contributed by atoms with Gasteiger partial charge in [-0.3, -0.25) is 0 Å². The van der Waals surface area contributed by atoms with E-state index in [1.54, 1.807) is 6.92 Å². The maximum Gasteiger partial charge on any atom is 0.347 e. The Labute approximate surface area is 79.8 Å². The molecule has 1 unspecified atom stereocenters. The first-order valence-corrected chi connectivity index (χ1v) is 4.43. The lowest BCUT2D eigenvalue weighted by atomic mass is 9.88. The molecule has 0 bridgehead atoms. The Morgan fingerprint density at radius 1 is 1.71 bits per heavy atom. The standard InChI is InChI=1S/C9H10FNO3/c1-5-11-7-6(14-5)3-2-4-9(7,10)8(12)13/h2-4H2,1H3,(H,12,13). The molecule has 1 aromatic heterocycles. The number of oxazole rings is 1. The van der Waals surface area contributed by atoms with Crippen molar-refractivity contribution in [2.24, 2.45) is 0 Å². The Bertz CT molecular complexity index is 387. The average molecular weight is 199 g/mol. The molecular formula is C9H10FNO3. The summed E-state index contributed by atoms with van der Waals surface area (Å²) in [6.07, 6.45) is 1.01. The van der Waals surface area contributed by atoms with Crippen LogP contribution in [0.5, 0.6) is 0 Å². The second kappa shape index (κ2) is 2.80. The second-order valence-electron chi connectivity index (χ2n) is 3.46. The maximum atomic E-state index is 14.0. The van der Waals surface area contributed by atoms with Gasteiger partial charge in [-0.2, -0.15) is 0 Å². The van der Waals surface area contributed by atoms with Gasteiger partial charge in [0.1, 0.15) is 11.5 Å². The van der Waals surface area contributed by atoms with Crippen molar-refractivity contribution in [3.8, 4) is 0 Å². The molecule has 0 amide bonds. The van der Waals surface area contributed by atoms with Crippen molar-refractivity contribution in [1.29, 1.82) is 0 Å². The zero-order chi connectivity index (χ0) is 10.3. The molecule has 1 aliphatic rings. The number of carbonyl (C=O) groups is 1. The molecule has 0 spiro atoms. The van der Waals surface area contributed by atoms with Crippen molar-refractivity contribution in [2.75, 3.05) is 0 Å². The summed E-state index contributed by atoms with van der Waals surface area (Å²) in [5, 5.41) is 8.80. The maximum absolute atomic E-state index is 14.0.